The van der Waals surface area contributed by atoms with Gasteiger partial charge in [-0.25, -0.2) is 4.98 Å². The van der Waals surface area contributed by atoms with Crippen molar-refractivity contribution < 1.29 is 4.79 Å². The molecule has 1 saturated heterocycles. The first-order valence-corrected chi connectivity index (χ1v) is 8.77. The molecule has 0 spiro atoms. The Balaban J connectivity index is 1.51. The lowest BCUT2D eigenvalue weighted by Gasteiger charge is -2.33. The molecule has 1 aromatic heterocycles. The lowest BCUT2D eigenvalue weighted by molar-refractivity contribution is -0.122. The van der Waals surface area contributed by atoms with Crippen molar-refractivity contribution >= 4 is 17.2 Å². The number of benzene rings is 1. The normalized spacial score (nSPS) is 16.4. The van der Waals surface area contributed by atoms with Crippen molar-refractivity contribution in [3.8, 4) is 11.3 Å². The van der Waals surface area contributed by atoms with Gasteiger partial charge in [0, 0.05) is 44.2 Å². The smallest absolute Gasteiger partial charge is 0.233 e. The summed E-state index contributed by atoms with van der Waals surface area (Å²) >= 11 is 1.72. The third-order valence-electron chi connectivity index (χ3n) is 4.09. The maximum Gasteiger partial charge on any atom is 0.233 e. The number of nitrogens with zero attached hydrogens (tertiary/aromatic N) is 3. The van der Waals surface area contributed by atoms with Crippen LogP contribution in [-0.4, -0.2) is 60.5 Å². The maximum absolute atomic E-state index is 11.4. The molecule has 0 radical (unpaired) electrons. The van der Waals surface area contributed by atoms with E-state index in [1.165, 1.54) is 5.56 Å². The minimum atomic E-state index is 0.0888. The van der Waals surface area contributed by atoms with Crippen molar-refractivity contribution in [2.45, 2.75) is 6.54 Å². The zero-order valence-electron chi connectivity index (χ0n) is 13.4. The number of nitrogens with one attached hydrogen (secondary N) is 1. The zero-order valence-corrected chi connectivity index (χ0v) is 14.2. The average molecular weight is 330 g/mol. The summed E-state index contributed by atoms with van der Waals surface area (Å²) in [5.74, 6) is 0.0888. The van der Waals surface area contributed by atoms with Crippen LogP contribution in [0, 0.1) is 0 Å². The average Bonchev–Trinajstić information content (AvgIpc) is 3.06. The molecule has 23 heavy (non-hydrogen) atoms. The number of thiazole rings is 1. The van der Waals surface area contributed by atoms with Gasteiger partial charge in [0.15, 0.2) is 0 Å². The summed E-state index contributed by atoms with van der Waals surface area (Å²) in [6, 6.07) is 10.3. The summed E-state index contributed by atoms with van der Waals surface area (Å²) in [5, 5.41) is 5.97. The van der Waals surface area contributed by atoms with Crippen LogP contribution in [0.1, 0.15) is 5.01 Å². The number of aromatic nitrogens is 1. The number of hydrogen-bond donors (Lipinski definition) is 1. The largest absolute Gasteiger partial charge is 0.358 e. The van der Waals surface area contributed by atoms with E-state index in [-0.39, 0.29) is 5.91 Å². The van der Waals surface area contributed by atoms with Crippen LogP contribution in [0.3, 0.4) is 0 Å². The minimum absolute atomic E-state index is 0.0888. The van der Waals surface area contributed by atoms with Crippen molar-refractivity contribution in [1.82, 2.24) is 20.1 Å². The molecular weight excluding hydrogens is 308 g/mol. The molecule has 0 bridgehead atoms. The van der Waals surface area contributed by atoms with E-state index in [1.807, 2.05) is 18.2 Å². The van der Waals surface area contributed by atoms with Gasteiger partial charge in [-0.05, 0) is 0 Å². The molecule has 0 unspecified atom stereocenters. The van der Waals surface area contributed by atoms with Crippen molar-refractivity contribution in [1.29, 1.82) is 0 Å². The molecule has 0 aliphatic carbocycles. The van der Waals surface area contributed by atoms with Crippen LogP contribution in [0.4, 0.5) is 0 Å². The van der Waals surface area contributed by atoms with E-state index in [1.54, 1.807) is 18.4 Å². The fourth-order valence-electron chi connectivity index (χ4n) is 2.70. The van der Waals surface area contributed by atoms with E-state index in [9.17, 15) is 4.79 Å². The quantitative estimate of drug-likeness (QED) is 0.906. The van der Waals surface area contributed by atoms with E-state index < -0.39 is 0 Å². The second-order valence-corrected chi connectivity index (χ2v) is 6.66. The predicted molar refractivity (Wildman–Crippen MR) is 93.3 cm³/mol. The number of amides is 1. The fraction of sp³-hybridized carbons (Fsp3) is 0.412. The molecule has 1 N–H and O–H groups in total. The van der Waals surface area contributed by atoms with Gasteiger partial charge in [0.05, 0.1) is 18.8 Å². The molecule has 2 heterocycles. The highest BCUT2D eigenvalue weighted by Gasteiger charge is 2.19. The first-order valence-electron chi connectivity index (χ1n) is 7.89. The molecule has 0 saturated carbocycles. The summed E-state index contributed by atoms with van der Waals surface area (Å²) in [4.78, 5) is 20.8. The number of hydrogen-bond acceptors (Lipinski definition) is 5. The van der Waals surface area contributed by atoms with Gasteiger partial charge in [-0.3, -0.25) is 14.6 Å². The summed E-state index contributed by atoms with van der Waals surface area (Å²) in [5.41, 5.74) is 2.23. The van der Waals surface area contributed by atoms with Crippen molar-refractivity contribution in [2.75, 3.05) is 39.8 Å². The Kier molecular flexibility index (Phi) is 5.38. The Hall–Kier alpha value is -1.76. The molecule has 0 atom stereocenters. The lowest BCUT2D eigenvalue weighted by Crippen LogP contribution is -2.48. The minimum Gasteiger partial charge on any atom is -0.358 e. The van der Waals surface area contributed by atoms with Crippen molar-refractivity contribution in [3.05, 3.63) is 40.7 Å². The molecule has 3 rings (SSSR count). The number of carbonyl (C=O) groups excluding carboxylic acids is 1. The number of carbonyl (C=O) groups is 1. The lowest BCUT2D eigenvalue weighted by atomic mass is 10.2. The van der Waals surface area contributed by atoms with Gasteiger partial charge in [0.25, 0.3) is 0 Å². The summed E-state index contributed by atoms with van der Waals surface area (Å²) in [6.45, 7) is 5.23. The number of rotatable bonds is 5. The third-order valence-corrected chi connectivity index (χ3v) is 4.92. The van der Waals surface area contributed by atoms with Crippen LogP contribution in [0.2, 0.25) is 0 Å². The molecule has 1 amide bonds. The Morgan fingerprint density at radius 3 is 2.57 bits per heavy atom. The van der Waals surface area contributed by atoms with Gasteiger partial charge < -0.3 is 5.32 Å². The van der Waals surface area contributed by atoms with E-state index >= 15 is 0 Å². The molecule has 1 aromatic carbocycles. The van der Waals surface area contributed by atoms with Crippen molar-refractivity contribution in [3.63, 3.8) is 0 Å². The second-order valence-electron chi connectivity index (χ2n) is 5.72. The standard InChI is InChI=1S/C17H22N4OS/c1-18-16(22)11-20-7-9-21(10-8-20)12-17-19-15(13-23-17)14-5-3-2-4-6-14/h2-6,13H,7-12H2,1H3,(H,18,22). The predicted octanol–water partition coefficient (Wildman–Crippen LogP) is 1.67. The SMILES string of the molecule is CNC(=O)CN1CCN(Cc2nc(-c3ccccc3)cs2)CC1. The molecule has 1 aliphatic heterocycles. The molecule has 6 heteroatoms. The van der Waals surface area contributed by atoms with Crippen LogP contribution < -0.4 is 5.32 Å². The Morgan fingerprint density at radius 1 is 1.17 bits per heavy atom. The second kappa shape index (κ2) is 7.68. The molecule has 5 nitrogen and oxygen atoms in total. The van der Waals surface area contributed by atoms with Gasteiger partial charge in [-0.2, -0.15) is 0 Å². The van der Waals surface area contributed by atoms with Gasteiger partial charge in [-0.15, -0.1) is 11.3 Å². The van der Waals surface area contributed by atoms with Gasteiger partial charge in [0.1, 0.15) is 5.01 Å². The van der Waals surface area contributed by atoms with Crippen LogP contribution >= 0.6 is 11.3 Å². The summed E-state index contributed by atoms with van der Waals surface area (Å²) in [6.07, 6.45) is 0. The van der Waals surface area contributed by atoms with Crippen molar-refractivity contribution in [2.24, 2.45) is 0 Å². The molecule has 122 valence electrons. The molecular formula is C17H22N4OS. The van der Waals surface area contributed by atoms with E-state index in [2.05, 4.69) is 32.6 Å². The number of likely N-dealkylation sites (N-methyl/N-ethyl adjacent to an activating group) is 1. The first-order chi connectivity index (χ1) is 11.2. The first kappa shape index (κ1) is 16.1. The zero-order chi connectivity index (χ0) is 16.1. The van der Waals surface area contributed by atoms with Crippen LogP contribution in [-0.2, 0) is 11.3 Å². The number of piperazine rings is 1. The Labute approximate surface area is 140 Å². The summed E-state index contributed by atoms with van der Waals surface area (Å²) in [7, 11) is 1.69. The Morgan fingerprint density at radius 2 is 1.87 bits per heavy atom. The van der Waals surface area contributed by atoms with Gasteiger partial charge >= 0.3 is 0 Å². The van der Waals surface area contributed by atoms with Crippen LogP contribution in [0.5, 0.6) is 0 Å². The topological polar surface area (TPSA) is 48.5 Å². The van der Waals surface area contributed by atoms with Gasteiger partial charge in [0.2, 0.25) is 5.91 Å². The third kappa shape index (κ3) is 4.37. The fourth-order valence-corrected chi connectivity index (χ4v) is 3.55. The maximum atomic E-state index is 11.4. The molecule has 1 aliphatic rings. The monoisotopic (exact) mass is 330 g/mol. The highest BCUT2D eigenvalue weighted by atomic mass is 32.1. The van der Waals surface area contributed by atoms with E-state index in [0.717, 1.165) is 43.4 Å². The van der Waals surface area contributed by atoms with Gasteiger partial charge in [-0.1, -0.05) is 30.3 Å². The molecule has 2 aromatic rings. The highest BCUT2D eigenvalue weighted by Crippen LogP contribution is 2.22. The van der Waals surface area contributed by atoms with Crippen LogP contribution in [0.15, 0.2) is 35.7 Å². The van der Waals surface area contributed by atoms with E-state index in [0.29, 0.717) is 6.54 Å². The molecule has 1 fully saturated rings. The van der Waals surface area contributed by atoms with E-state index in [4.69, 9.17) is 4.98 Å². The summed E-state index contributed by atoms with van der Waals surface area (Å²) < 4.78 is 0. The highest BCUT2D eigenvalue weighted by molar-refractivity contribution is 7.09. The van der Waals surface area contributed by atoms with Crippen LogP contribution in [0.25, 0.3) is 11.3 Å². The Bertz CT molecular complexity index is 635.